The molecule has 2 aliphatic heterocycles. The fraction of sp³-hybridized carbons (Fsp3) is 0.333. The van der Waals surface area contributed by atoms with Gasteiger partial charge in [-0.1, -0.05) is 48.5 Å². The van der Waals surface area contributed by atoms with Crippen LogP contribution in [0.3, 0.4) is 0 Å². The summed E-state index contributed by atoms with van der Waals surface area (Å²) in [6, 6.07) is 14.0. The van der Waals surface area contributed by atoms with Crippen LogP contribution in [0.2, 0.25) is 0 Å². The van der Waals surface area contributed by atoms with Gasteiger partial charge in [0.25, 0.3) is 0 Å². The maximum absolute atomic E-state index is 12.9. The Hall–Kier alpha value is -2.13. The molecule has 9 heteroatoms. The molecule has 2 fully saturated rings. The number of carboxylic acid groups (broad SMARTS) is 1. The molecule has 7 nitrogen and oxygen atoms in total. The van der Waals surface area contributed by atoms with Crippen LogP contribution in [0.25, 0.3) is 0 Å². The second-order valence-electron chi connectivity index (χ2n) is 8.61. The van der Waals surface area contributed by atoms with E-state index in [0.29, 0.717) is 16.7 Å². The Labute approximate surface area is 218 Å². The first-order chi connectivity index (χ1) is 15.1. The summed E-state index contributed by atoms with van der Waals surface area (Å²) in [4.78, 5) is 51.1. The number of β-lactam (4-membered cyclic amide) rings is 1. The van der Waals surface area contributed by atoms with Gasteiger partial charge in [0.15, 0.2) is 5.78 Å². The van der Waals surface area contributed by atoms with E-state index in [2.05, 4.69) is 5.32 Å². The molecule has 1 N–H and O–H groups in total. The maximum atomic E-state index is 12.9. The Balaban J connectivity index is 0.00000306. The Bertz CT molecular complexity index is 1110. The minimum Gasteiger partial charge on any atom is -0.548 e. The first-order valence-corrected chi connectivity index (χ1v) is 11.2. The first-order valence-electron chi connectivity index (χ1n) is 10.3. The van der Waals surface area contributed by atoms with Gasteiger partial charge in [0, 0.05) is 15.9 Å². The van der Waals surface area contributed by atoms with Crippen LogP contribution in [0.15, 0.2) is 54.6 Å². The summed E-state index contributed by atoms with van der Waals surface area (Å²) in [6.07, 6.45) is 0. The van der Waals surface area contributed by atoms with Gasteiger partial charge in [0.1, 0.15) is 11.4 Å². The zero-order valence-electron chi connectivity index (χ0n) is 18.9. The first kappa shape index (κ1) is 25.5. The Morgan fingerprint density at radius 2 is 1.70 bits per heavy atom. The third kappa shape index (κ3) is 4.62. The van der Waals surface area contributed by atoms with E-state index in [0.717, 1.165) is 0 Å². The van der Waals surface area contributed by atoms with Gasteiger partial charge in [-0.05, 0) is 32.4 Å². The van der Waals surface area contributed by atoms with Crippen molar-refractivity contribution in [1.82, 2.24) is 10.2 Å². The molecular formula is C24H23N2NaO5S. The van der Waals surface area contributed by atoms with E-state index in [-0.39, 0.29) is 41.2 Å². The van der Waals surface area contributed by atoms with Crippen LogP contribution >= 0.6 is 11.8 Å². The largest absolute Gasteiger partial charge is 1.00 e. The Morgan fingerprint density at radius 3 is 2.33 bits per heavy atom. The number of nitrogens with one attached hydrogen (secondary N) is 1. The van der Waals surface area contributed by atoms with Crippen LogP contribution in [0.5, 0.6) is 0 Å². The third-order valence-electron chi connectivity index (χ3n) is 6.04. The van der Waals surface area contributed by atoms with E-state index in [9.17, 15) is 24.3 Å². The average molecular weight is 475 g/mol. The van der Waals surface area contributed by atoms with Gasteiger partial charge in [-0.3, -0.25) is 14.4 Å². The number of fused-ring (bicyclic) bond motifs is 1. The maximum Gasteiger partial charge on any atom is 1.00 e. The zero-order chi connectivity index (χ0) is 23.2. The van der Waals surface area contributed by atoms with Crippen LogP contribution in [-0.4, -0.2) is 50.7 Å². The number of hydrogen-bond donors (Lipinski definition) is 1. The molecule has 0 spiro atoms. The quantitative estimate of drug-likeness (QED) is 0.305. The van der Waals surface area contributed by atoms with Crippen molar-refractivity contribution in [3.8, 4) is 0 Å². The van der Waals surface area contributed by atoms with Crippen LogP contribution in [-0.2, 0) is 14.4 Å². The number of amides is 2. The van der Waals surface area contributed by atoms with Gasteiger partial charge >= 0.3 is 29.6 Å². The van der Waals surface area contributed by atoms with Crippen molar-refractivity contribution < 1.29 is 53.8 Å². The number of rotatable bonds is 6. The molecule has 166 valence electrons. The van der Waals surface area contributed by atoms with Gasteiger partial charge in [0.05, 0.1) is 17.9 Å². The molecule has 33 heavy (non-hydrogen) atoms. The van der Waals surface area contributed by atoms with Crippen molar-refractivity contribution in [3.05, 3.63) is 71.3 Å². The molecule has 0 bridgehead atoms. The van der Waals surface area contributed by atoms with Crippen LogP contribution in [0, 0.1) is 0 Å². The van der Waals surface area contributed by atoms with E-state index < -0.39 is 40.0 Å². The molecule has 0 radical (unpaired) electrons. The molecule has 4 unspecified atom stereocenters. The number of carbonyl (C=O) groups is 4. The molecule has 2 aliphatic rings. The monoisotopic (exact) mass is 474 g/mol. The van der Waals surface area contributed by atoms with Crippen molar-refractivity contribution in [3.63, 3.8) is 0 Å². The van der Waals surface area contributed by atoms with Crippen LogP contribution in [0.4, 0.5) is 0 Å². The summed E-state index contributed by atoms with van der Waals surface area (Å²) in [6.45, 7) is 5.21. The predicted molar refractivity (Wildman–Crippen MR) is 118 cm³/mol. The minimum atomic E-state index is -1.30. The summed E-state index contributed by atoms with van der Waals surface area (Å²) < 4.78 is -0.712. The second kappa shape index (κ2) is 9.62. The Morgan fingerprint density at radius 1 is 1.06 bits per heavy atom. The summed E-state index contributed by atoms with van der Waals surface area (Å²) in [5, 5.41) is 13.9. The van der Waals surface area contributed by atoms with Gasteiger partial charge in [0.2, 0.25) is 11.8 Å². The number of hydrogen-bond acceptors (Lipinski definition) is 6. The Kier molecular flexibility index (Phi) is 7.43. The minimum absolute atomic E-state index is 0. The van der Waals surface area contributed by atoms with Crippen molar-refractivity contribution >= 4 is 35.3 Å². The number of carboxylic acids is 1. The van der Waals surface area contributed by atoms with Crippen molar-refractivity contribution in [2.45, 2.75) is 48.9 Å². The number of thioether (sulfide) groups is 1. The molecule has 2 saturated heterocycles. The third-order valence-corrected chi connectivity index (χ3v) is 7.61. The fourth-order valence-corrected chi connectivity index (χ4v) is 5.88. The second-order valence-corrected chi connectivity index (χ2v) is 10.4. The predicted octanol–water partition coefficient (Wildman–Crippen LogP) is -1.68. The standard InChI is InChI=1S/C24H24N2O5S.Na/c1-13(15-10-7-11-16(12-15)18(27)14-8-5-4-6-9-14)20(28)25-17-21(29)26-19(23(30)31)24(2,3)32-22(17)26;/h4-13,17,19,22H,1-3H3,(H,25,28)(H,30,31);/q;+1/p-1. The van der Waals surface area contributed by atoms with Crippen molar-refractivity contribution in [1.29, 1.82) is 0 Å². The average Bonchev–Trinajstić information content (AvgIpc) is 3.04. The zero-order valence-corrected chi connectivity index (χ0v) is 21.7. The molecule has 0 aliphatic carbocycles. The van der Waals surface area contributed by atoms with E-state index >= 15 is 0 Å². The number of ketones is 1. The van der Waals surface area contributed by atoms with Gasteiger partial charge in [-0.25, -0.2) is 0 Å². The molecule has 2 aromatic rings. The van der Waals surface area contributed by atoms with Crippen molar-refractivity contribution in [2.24, 2.45) is 0 Å². The van der Waals surface area contributed by atoms with Gasteiger partial charge in [-0.2, -0.15) is 0 Å². The van der Waals surface area contributed by atoms with E-state index in [1.54, 1.807) is 69.3 Å². The van der Waals surface area contributed by atoms with E-state index in [1.807, 2.05) is 6.07 Å². The molecule has 2 amide bonds. The number of carbonyl (C=O) groups excluding carboxylic acids is 4. The smallest absolute Gasteiger partial charge is 0.548 e. The molecule has 4 rings (SSSR count). The number of benzene rings is 2. The normalized spacial score (nSPS) is 23.5. The SMILES string of the molecule is CC(C(=O)NC1C(=O)N2C1SC(C)(C)C2C(=O)[O-])c1cccc(C(=O)c2ccccc2)c1.[Na+]. The summed E-state index contributed by atoms with van der Waals surface area (Å²) >= 11 is 1.34. The molecule has 2 heterocycles. The molecule has 4 atom stereocenters. The topological polar surface area (TPSA) is 107 Å². The van der Waals surface area contributed by atoms with Crippen LogP contribution < -0.4 is 40.0 Å². The number of nitrogens with zero attached hydrogens (tertiary/aromatic N) is 1. The van der Waals surface area contributed by atoms with Gasteiger partial charge < -0.3 is 20.1 Å². The number of aliphatic carboxylic acids is 1. The van der Waals surface area contributed by atoms with Gasteiger partial charge in [-0.15, -0.1) is 11.8 Å². The summed E-state index contributed by atoms with van der Waals surface area (Å²) in [5.74, 6) is -2.81. The molecule has 0 aromatic heterocycles. The summed E-state index contributed by atoms with van der Waals surface area (Å²) in [7, 11) is 0. The van der Waals surface area contributed by atoms with Crippen LogP contribution in [0.1, 0.15) is 48.2 Å². The van der Waals surface area contributed by atoms with E-state index in [4.69, 9.17) is 0 Å². The molecule has 0 saturated carbocycles. The van der Waals surface area contributed by atoms with E-state index in [1.165, 1.54) is 16.7 Å². The summed E-state index contributed by atoms with van der Waals surface area (Å²) in [5.41, 5.74) is 1.69. The molecule has 2 aromatic carbocycles. The fourth-order valence-electron chi connectivity index (χ4n) is 4.26. The molecular weight excluding hydrogens is 451 g/mol. The van der Waals surface area contributed by atoms with Crippen molar-refractivity contribution in [2.75, 3.05) is 0 Å².